The number of hydrogen-bond donors (Lipinski definition) is 1. The molecule has 1 heterocycles. The topological polar surface area (TPSA) is 32.5 Å². The van der Waals surface area contributed by atoms with Crippen LogP contribution in [-0.4, -0.2) is 56.6 Å². The van der Waals surface area contributed by atoms with Crippen LogP contribution in [0.5, 0.6) is 0 Å². The zero-order valence-corrected chi connectivity index (χ0v) is 12.2. The van der Waals surface area contributed by atoms with Crippen LogP contribution in [0.2, 0.25) is 0 Å². The quantitative estimate of drug-likeness (QED) is 0.735. The van der Waals surface area contributed by atoms with Crippen molar-refractivity contribution in [1.29, 1.82) is 0 Å². The summed E-state index contributed by atoms with van der Waals surface area (Å²) in [5.74, 6) is 0.855. The fourth-order valence-corrected chi connectivity index (χ4v) is 3.18. The van der Waals surface area contributed by atoms with Crippen molar-refractivity contribution >= 4 is 0 Å². The molecule has 0 bridgehead atoms. The molecule has 2 atom stereocenters. The SMILES string of the molecule is CCCC(C)(CN)CN(C)CC1CCN(C)C1. The van der Waals surface area contributed by atoms with Crippen molar-refractivity contribution in [2.75, 3.05) is 46.8 Å². The lowest BCUT2D eigenvalue weighted by Crippen LogP contribution is -2.41. The molecule has 2 unspecified atom stereocenters. The minimum Gasteiger partial charge on any atom is -0.330 e. The third kappa shape index (κ3) is 4.94. The number of nitrogens with zero attached hydrogens (tertiary/aromatic N) is 2. The lowest BCUT2D eigenvalue weighted by atomic mass is 9.85. The molecule has 0 aliphatic carbocycles. The van der Waals surface area contributed by atoms with Crippen molar-refractivity contribution in [1.82, 2.24) is 9.80 Å². The van der Waals surface area contributed by atoms with E-state index in [1.165, 1.54) is 38.9 Å². The molecule has 0 aromatic rings. The van der Waals surface area contributed by atoms with Crippen LogP contribution < -0.4 is 5.73 Å². The Hall–Kier alpha value is -0.120. The van der Waals surface area contributed by atoms with Crippen molar-refractivity contribution in [3.8, 4) is 0 Å². The molecule has 17 heavy (non-hydrogen) atoms. The Morgan fingerprint density at radius 1 is 1.47 bits per heavy atom. The second-order valence-electron chi connectivity index (χ2n) is 6.38. The molecular formula is C14H31N3. The van der Waals surface area contributed by atoms with Gasteiger partial charge in [-0.15, -0.1) is 0 Å². The van der Waals surface area contributed by atoms with Crippen molar-refractivity contribution in [2.45, 2.75) is 33.1 Å². The summed E-state index contributed by atoms with van der Waals surface area (Å²) in [6, 6.07) is 0. The molecule has 0 amide bonds. The first-order valence-corrected chi connectivity index (χ1v) is 7.06. The molecule has 2 N–H and O–H groups in total. The Kier molecular flexibility index (Phi) is 5.90. The zero-order chi connectivity index (χ0) is 12.9. The number of likely N-dealkylation sites (tertiary alicyclic amines) is 1. The smallest absolute Gasteiger partial charge is 0.00445 e. The third-order valence-corrected chi connectivity index (χ3v) is 4.06. The van der Waals surface area contributed by atoms with Gasteiger partial charge in [-0.05, 0) is 51.4 Å². The molecule has 1 rings (SSSR count). The molecule has 0 spiro atoms. The Balaban J connectivity index is 2.34. The predicted molar refractivity (Wildman–Crippen MR) is 75.2 cm³/mol. The van der Waals surface area contributed by atoms with Crippen LogP contribution in [0.15, 0.2) is 0 Å². The highest BCUT2D eigenvalue weighted by Crippen LogP contribution is 2.24. The summed E-state index contributed by atoms with van der Waals surface area (Å²) in [5, 5.41) is 0. The van der Waals surface area contributed by atoms with E-state index >= 15 is 0 Å². The monoisotopic (exact) mass is 241 g/mol. The minimum absolute atomic E-state index is 0.300. The van der Waals surface area contributed by atoms with Gasteiger partial charge in [-0.1, -0.05) is 20.3 Å². The number of hydrogen-bond acceptors (Lipinski definition) is 3. The van der Waals surface area contributed by atoms with Crippen LogP contribution >= 0.6 is 0 Å². The summed E-state index contributed by atoms with van der Waals surface area (Å²) >= 11 is 0. The van der Waals surface area contributed by atoms with Gasteiger partial charge in [0.25, 0.3) is 0 Å². The summed E-state index contributed by atoms with van der Waals surface area (Å²) in [6.07, 6.45) is 3.82. The number of nitrogens with two attached hydrogens (primary N) is 1. The van der Waals surface area contributed by atoms with E-state index in [-0.39, 0.29) is 0 Å². The first-order valence-electron chi connectivity index (χ1n) is 7.06. The molecule has 3 heteroatoms. The van der Waals surface area contributed by atoms with Gasteiger partial charge in [0.2, 0.25) is 0 Å². The molecule has 102 valence electrons. The van der Waals surface area contributed by atoms with E-state index in [0.717, 1.165) is 19.0 Å². The average Bonchev–Trinajstić information content (AvgIpc) is 2.64. The summed E-state index contributed by atoms with van der Waals surface area (Å²) in [6.45, 7) is 10.3. The summed E-state index contributed by atoms with van der Waals surface area (Å²) < 4.78 is 0. The van der Waals surface area contributed by atoms with Gasteiger partial charge in [0.15, 0.2) is 0 Å². The molecule has 1 aliphatic rings. The van der Waals surface area contributed by atoms with E-state index in [9.17, 15) is 0 Å². The predicted octanol–water partition coefficient (Wildman–Crippen LogP) is 1.64. The Labute approximate surface area is 107 Å². The third-order valence-electron chi connectivity index (χ3n) is 4.06. The van der Waals surface area contributed by atoms with Crippen molar-refractivity contribution < 1.29 is 0 Å². The van der Waals surface area contributed by atoms with Gasteiger partial charge >= 0.3 is 0 Å². The van der Waals surface area contributed by atoms with E-state index < -0.39 is 0 Å². The van der Waals surface area contributed by atoms with E-state index in [0.29, 0.717) is 5.41 Å². The van der Waals surface area contributed by atoms with Crippen LogP contribution in [0.3, 0.4) is 0 Å². The fraction of sp³-hybridized carbons (Fsp3) is 1.00. The fourth-order valence-electron chi connectivity index (χ4n) is 3.18. The van der Waals surface area contributed by atoms with Crippen LogP contribution in [0, 0.1) is 11.3 Å². The second kappa shape index (κ2) is 6.72. The first-order chi connectivity index (χ1) is 7.99. The van der Waals surface area contributed by atoms with Crippen molar-refractivity contribution in [3.63, 3.8) is 0 Å². The van der Waals surface area contributed by atoms with Crippen LogP contribution in [0.4, 0.5) is 0 Å². The molecule has 1 aliphatic heterocycles. The maximum absolute atomic E-state index is 5.94. The van der Waals surface area contributed by atoms with Crippen molar-refractivity contribution in [3.05, 3.63) is 0 Å². The van der Waals surface area contributed by atoms with Gasteiger partial charge in [-0.2, -0.15) is 0 Å². The molecule has 3 nitrogen and oxygen atoms in total. The lowest BCUT2D eigenvalue weighted by Gasteiger charge is -2.33. The highest BCUT2D eigenvalue weighted by Gasteiger charge is 2.26. The van der Waals surface area contributed by atoms with Gasteiger partial charge in [0, 0.05) is 19.6 Å². The molecule has 0 aromatic carbocycles. The van der Waals surface area contributed by atoms with Gasteiger partial charge in [-0.3, -0.25) is 0 Å². The van der Waals surface area contributed by atoms with Gasteiger partial charge < -0.3 is 15.5 Å². The summed E-state index contributed by atoms with van der Waals surface area (Å²) in [4.78, 5) is 4.93. The van der Waals surface area contributed by atoms with Crippen molar-refractivity contribution in [2.24, 2.45) is 17.1 Å². The molecule has 0 aromatic heterocycles. The maximum Gasteiger partial charge on any atom is 0.00445 e. The average molecular weight is 241 g/mol. The molecule has 0 radical (unpaired) electrons. The van der Waals surface area contributed by atoms with Crippen LogP contribution in [-0.2, 0) is 0 Å². The van der Waals surface area contributed by atoms with Gasteiger partial charge in [0.1, 0.15) is 0 Å². The van der Waals surface area contributed by atoms with E-state index in [1.807, 2.05) is 0 Å². The van der Waals surface area contributed by atoms with E-state index in [1.54, 1.807) is 0 Å². The van der Waals surface area contributed by atoms with Crippen LogP contribution in [0.25, 0.3) is 0 Å². The van der Waals surface area contributed by atoms with Crippen LogP contribution in [0.1, 0.15) is 33.1 Å². The standard InChI is InChI=1S/C14H31N3/c1-5-7-14(2,11-15)12-17(4)10-13-6-8-16(3)9-13/h13H,5-12,15H2,1-4H3. The normalized spacial score (nSPS) is 25.4. The summed E-state index contributed by atoms with van der Waals surface area (Å²) in [7, 11) is 4.48. The lowest BCUT2D eigenvalue weighted by molar-refractivity contribution is 0.167. The van der Waals surface area contributed by atoms with E-state index in [2.05, 4.69) is 37.7 Å². The Morgan fingerprint density at radius 3 is 2.65 bits per heavy atom. The van der Waals surface area contributed by atoms with Gasteiger partial charge in [-0.25, -0.2) is 0 Å². The highest BCUT2D eigenvalue weighted by atomic mass is 15.2. The maximum atomic E-state index is 5.94. The van der Waals surface area contributed by atoms with Gasteiger partial charge in [0.05, 0.1) is 0 Å². The molecular weight excluding hydrogens is 210 g/mol. The Bertz CT molecular complexity index is 220. The number of rotatable bonds is 7. The first kappa shape index (κ1) is 14.9. The summed E-state index contributed by atoms with van der Waals surface area (Å²) in [5.41, 5.74) is 6.24. The molecule has 1 saturated heterocycles. The molecule has 1 fully saturated rings. The Morgan fingerprint density at radius 2 is 2.18 bits per heavy atom. The highest BCUT2D eigenvalue weighted by molar-refractivity contribution is 4.81. The largest absolute Gasteiger partial charge is 0.330 e. The minimum atomic E-state index is 0.300. The molecule has 0 saturated carbocycles. The van der Waals surface area contributed by atoms with E-state index in [4.69, 9.17) is 5.73 Å². The second-order valence-corrected chi connectivity index (χ2v) is 6.38. The zero-order valence-electron chi connectivity index (χ0n) is 12.2.